The number of aromatic amines is 1. The lowest BCUT2D eigenvalue weighted by atomic mass is 10.0. The molecule has 136 valence electrons. The summed E-state index contributed by atoms with van der Waals surface area (Å²) in [6, 6.07) is 6.79. The molecular formula is C17H22ClFN4O2. The maximum Gasteiger partial charge on any atom is 0.411 e. The van der Waals surface area contributed by atoms with Crippen LogP contribution in [0.4, 0.5) is 26.5 Å². The molecule has 0 fully saturated rings. The Morgan fingerprint density at radius 2 is 2.04 bits per heavy atom. The standard InChI is InChI=1S/C17H21FN4O2.ClH/c1-4-24-17(23)21-14-5-6-15(22-16(14)19)20-9-12-11(3)7-10(2)8-13(12)18;/h5-8H,4,9H2,1-3H3,(H,21,23)(H3,19,20,22);1H. The van der Waals surface area contributed by atoms with Gasteiger partial charge in [0.05, 0.1) is 13.2 Å². The smallest absolute Gasteiger partial charge is 0.411 e. The van der Waals surface area contributed by atoms with Gasteiger partial charge in [-0.1, -0.05) is 6.07 Å². The van der Waals surface area contributed by atoms with Gasteiger partial charge in [0.15, 0.2) is 0 Å². The lowest BCUT2D eigenvalue weighted by Crippen LogP contribution is -3.00. The molecule has 2 rings (SSSR count). The molecule has 0 spiro atoms. The average molecular weight is 369 g/mol. The number of nitrogen functional groups attached to an aromatic ring is 1. The van der Waals surface area contributed by atoms with Crippen molar-refractivity contribution in [2.75, 3.05) is 23.0 Å². The van der Waals surface area contributed by atoms with E-state index in [0.717, 1.165) is 11.1 Å². The van der Waals surface area contributed by atoms with Crippen molar-refractivity contribution in [3.8, 4) is 0 Å². The minimum atomic E-state index is -0.573. The van der Waals surface area contributed by atoms with Gasteiger partial charge < -0.3 is 28.2 Å². The van der Waals surface area contributed by atoms with E-state index in [-0.39, 0.29) is 30.6 Å². The van der Waals surface area contributed by atoms with E-state index in [1.165, 1.54) is 6.07 Å². The van der Waals surface area contributed by atoms with Crippen LogP contribution in [0, 0.1) is 19.7 Å². The number of halogens is 2. The Kier molecular flexibility index (Phi) is 7.44. The number of nitrogens with one attached hydrogen (secondary N) is 3. The average Bonchev–Trinajstić information content (AvgIpc) is 2.49. The third-order valence-corrected chi connectivity index (χ3v) is 3.51. The first-order valence-electron chi connectivity index (χ1n) is 7.65. The summed E-state index contributed by atoms with van der Waals surface area (Å²) in [6.45, 7) is 6.04. The molecule has 0 atom stereocenters. The normalized spacial score (nSPS) is 9.92. The molecule has 1 amide bonds. The predicted octanol–water partition coefficient (Wildman–Crippen LogP) is 0.0233. The molecule has 1 aromatic carbocycles. The summed E-state index contributed by atoms with van der Waals surface area (Å²) in [6.07, 6.45) is -0.573. The van der Waals surface area contributed by atoms with Crippen molar-refractivity contribution in [3.63, 3.8) is 0 Å². The molecule has 25 heavy (non-hydrogen) atoms. The zero-order valence-corrected chi connectivity index (χ0v) is 15.1. The molecule has 1 heterocycles. The van der Waals surface area contributed by atoms with E-state index >= 15 is 0 Å². The Morgan fingerprint density at radius 3 is 2.64 bits per heavy atom. The molecule has 0 aliphatic rings. The summed E-state index contributed by atoms with van der Waals surface area (Å²) >= 11 is 0. The summed E-state index contributed by atoms with van der Waals surface area (Å²) in [7, 11) is 0. The van der Waals surface area contributed by atoms with E-state index in [0.29, 0.717) is 23.6 Å². The summed E-state index contributed by atoms with van der Waals surface area (Å²) in [5.74, 6) is 0.643. The monoisotopic (exact) mass is 368 g/mol. The molecule has 0 unspecified atom stereocenters. The van der Waals surface area contributed by atoms with Crippen LogP contribution in [0.15, 0.2) is 24.3 Å². The van der Waals surface area contributed by atoms with Crippen molar-refractivity contribution in [2.45, 2.75) is 27.3 Å². The fraction of sp³-hybridized carbons (Fsp3) is 0.294. The summed E-state index contributed by atoms with van der Waals surface area (Å²) in [5.41, 5.74) is 8.66. The molecule has 0 saturated heterocycles. The first-order valence-corrected chi connectivity index (χ1v) is 7.65. The van der Waals surface area contributed by atoms with Crippen LogP contribution in [-0.2, 0) is 11.3 Å². The van der Waals surface area contributed by atoms with Crippen molar-refractivity contribution in [3.05, 3.63) is 46.8 Å². The number of nitrogens with two attached hydrogens (primary N) is 1. The number of H-pyrrole nitrogens is 1. The van der Waals surface area contributed by atoms with Crippen molar-refractivity contribution >= 4 is 23.4 Å². The second kappa shape index (κ2) is 9.08. The molecule has 0 aliphatic carbocycles. The molecule has 0 saturated carbocycles. The van der Waals surface area contributed by atoms with Crippen molar-refractivity contribution in [2.24, 2.45) is 0 Å². The summed E-state index contributed by atoms with van der Waals surface area (Å²) in [4.78, 5) is 14.3. The molecule has 1 aromatic heterocycles. The number of pyridine rings is 1. The second-order valence-corrected chi connectivity index (χ2v) is 5.44. The number of anilines is 3. The third-order valence-electron chi connectivity index (χ3n) is 3.51. The third kappa shape index (κ3) is 5.49. The Labute approximate surface area is 152 Å². The van der Waals surface area contributed by atoms with Gasteiger partial charge in [-0.05, 0) is 44.0 Å². The highest BCUT2D eigenvalue weighted by Crippen LogP contribution is 2.18. The molecule has 6 nitrogen and oxygen atoms in total. The molecular weight excluding hydrogens is 347 g/mol. The van der Waals surface area contributed by atoms with Crippen LogP contribution in [0.5, 0.6) is 0 Å². The number of hydrogen-bond acceptors (Lipinski definition) is 4. The lowest BCUT2D eigenvalue weighted by Gasteiger charge is -2.10. The number of carbonyl (C=O) groups is 1. The van der Waals surface area contributed by atoms with E-state index < -0.39 is 6.09 Å². The van der Waals surface area contributed by atoms with Crippen LogP contribution in [0.2, 0.25) is 0 Å². The van der Waals surface area contributed by atoms with E-state index in [1.807, 2.05) is 19.9 Å². The van der Waals surface area contributed by atoms with Gasteiger partial charge in [-0.2, -0.15) is 0 Å². The van der Waals surface area contributed by atoms with Gasteiger partial charge in [0, 0.05) is 11.6 Å². The molecule has 8 heteroatoms. The maximum absolute atomic E-state index is 14.0. The number of aromatic nitrogens is 1. The molecule has 0 radical (unpaired) electrons. The Morgan fingerprint density at radius 1 is 1.32 bits per heavy atom. The lowest BCUT2D eigenvalue weighted by molar-refractivity contribution is -0.342. The van der Waals surface area contributed by atoms with Crippen LogP contribution < -0.4 is 33.8 Å². The Balaban J connectivity index is 0.00000312. The quantitative estimate of drug-likeness (QED) is 0.694. The number of hydrogen-bond donors (Lipinski definition) is 3. The van der Waals surface area contributed by atoms with Crippen LogP contribution in [0.3, 0.4) is 0 Å². The van der Waals surface area contributed by atoms with Crippen LogP contribution in [0.1, 0.15) is 23.6 Å². The molecule has 0 bridgehead atoms. The fourth-order valence-corrected chi connectivity index (χ4v) is 2.35. The van der Waals surface area contributed by atoms with Gasteiger partial charge in [-0.3, -0.25) is 5.32 Å². The Hall–Kier alpha value is -2.54. The molecule has 2 aromatic rings. The number of benzene rings is 1. The zero-order valence-electron chi connectivity index (χ0n) is 14.4. The highest BCUT2D eigenvalue weighted by molar-refractivity contribution is 5.87. The minimum absolute atomic E-state index is 0. The highest BCUT2D eigenvalue weighted by atomic mass is 35.5. The largest absolute Gasteiger partial charge is 1.00 e. The van der Waals surface area contributed by atoms with Crippen molar-refractivity contribution in [1.29, 1.82) is 0 Å². The summed E-state index contributed by atoms with van der Waals surface area (Å²) in [5, 5.41) is 5.62. The number of rotatable bonds is 5. The SMILES string of the molecule is CCOC(=O)Nc1ccc(NCc2c(C)cc(C)cc2F)[nH+]c1N.[Cl-]. The Bertz CT molecular complexity index is 732. The number of carbonyl (C=O) groups excluding carboxylic acids is 1. The predicted molar refractivity (Wildman–Crippen MR) is 91.3 cm³/mol. The van der Waals surface area contributed by atoms with Gasteiger partial charge in [-0.25, -0.2) is 14.2 Å². The summed E-state index contributed by atoms with van der Waals surface area (Å²) < 4.78 is 18.8. The zero-order chi connectivity index (χ0) is 17.7. The van der Waals surface area contributed by atoms with Gasteiger partial charge in [-0.15, -0.1) is 0 Å². The first-order chi connectivity index (χ1) is 11.4. The van der Waals surface area contributed by atoms with Gasteiger partial charge >= 0.3 is 6.09 Å². The second-order valence-electron chi connectivity index (χ2n) is 5.44. The van der Waals surface area contributed by atoms with Crippen LogP contribution in [-0.4, -0.2) is 12.7 Å². The van der Waals surface area contributed by atoms with Gasteiger partial charge in [0.1, 0.15) is 11.5 Å². The van der Waals surface area contributed by atoms with E-state index in [9.17, 15) is 9.18 Å². The van der Waals surface area contributed by atoms with Gasteiger partial charge in [0.25, 0.3) is 0 Å². The molecule has 0 aliphatic heterocycles. The van der Waals surface area contributed by atoms with Crippen LogP contribution in [0.25, 0.3) is 0 Å². The number of aryl methyl sites for hydroxylation is 2. The maximum atomic E-state index is 14.0. The van der Waals surface area contributed by atoms with E-state index in [2.05, 4.69) is 15.6 Å². The number of amides is 1. The van der Waals surface area contributed by atoms with Crippen molar-refractivity contribution < 1.29 is 31.3 Å². The first kappa shape index (κ1) is 20.5. The van der Waals surface area contributed by atoms with E-state index in [1.54, 1.807) is 19.1 Å². The fourth-order valence-electron chi connectivity index (χ4n) is 2.35. The van der Waals surface area contributed by atoms with Crippen molar-refractivity contribution in [1.82, 2.24) is 0 Å². The number of ether oxygens (including phenoxy) is 1. The molecule has 5 N–H and O–H groups in total. The van der Waals surface area contributed by atoms with Gasteiger partial charge in [0.2, 0.25) is 11.6 Å². The topological polar surface area (TPSA) is 90.5 Å². The van der Waals surface area contributed by atoms with Crippen LogP contribution >= 0.6 is 0 Å². The minimum Gasteiger partial charge on any atom is -1.00 e. The van der Waals surface area contributed by atoms with E-state index in [4.69, 9.17) is 10.5 Å². The highest BCUT2D eigenvalue weighted by Gasteiger charge is 2.12.